The molecule has 0 aromatic heterocycles. The molecule has 2 rings (SSSR count). The van der Waals surface area contributed by atoms with Gasteiger partial charge in [-0.25, -0.2) is 0 Å². The molecule has 0 amide bonds. The fourth-order valence-corrected chi connectivity index (χ4v) is 31.4. The largest absolute Gasteiger partial charge is 0.470 e. The van der Waals surface area contributed by atoms with Gasteiger partial charge >= 0.3 is 63.3 Å². The maximum Gasteiger partial charge on any atom is 0.470 e. The van der Waals surface area contributed by atoms with Crippen LogP contribution in [0.5, 0.6) is 0 Å². The lowest BCUT2D eigenvalue weighted by Gasteiger charge is -2.44. The highest BCUT2D eigenvalue weighted by Gasteiger charge is 2.53. The van der Waals surface area contributed by atoms with Gasteiger partial charge in [-0.15, -0.1) is 0 Å². The van der Waals surface area contributed by atoms with Crippen LogP contribution in [0.15, 0.2) is 0 Å². The third-order valence-corrected chi connectivity index (χ3v) is 28.3. The normalized spacial score (nSPS) is 42.2. The van der Waals surface area contributed by atoms with E-state index in [0.717, 1.165) is 0 Å². The highest BCUT2D eigenvalue weighted by Crippen LogP contribution is 2.28. The molecular formula is C10H36O8Si7. The number of hydrogen-bond acceptors (Lipinski definition) is 8. The number of rotatable bonds is 4. The highest BCUT2D eigenvalue weighted by atomic mass is 28.5. The first-order chi connectivity index (χ1) is 10.4. The fraction of sp³-hybridized carbons (Fsp3) is 1.00. The Bertz CT molecular complexity index is 374. The molecule has 2 heterocycles. The van der Waals surface area contributed by atoms with Crippen LogP contribution in [0.3, 0.4) is 0 Å². The second kappa shape index (κ2) is 9.60. The molecule has 0 aromatic rings. The van der Waals surface area contributed by atoms with E-state index in [-0.39, 0.29) is 14.9 Å². The SMILES string of the molecule is C.C.C[SiH]1O[SiH](C)O[Si](C)(O[Si](C)(C)O[Si]2(C)O[SiH](C)O[SiH](C)O2)O1. The summed E-state index contributed by atoms with van der Waals surface area (Å²) in [6, 6.07) is 0. The van der Waals surface area contributed by atoms with Crippen LogP contribution in [-0.4, -0.2) is 63.3 Å². The topological polar surface area (TPSA) is 73.8 Å². The van der Waals surface area contributed by atoms with E-state index in [1.165, 1.54) is 0 Å². The van der Waals surface area contributed by atoms with Crippen LogP contribution < -0.4 is 0 Å². The van der Waals surface area contributed by atoms with Crippen molar-refractivity contribution in [2.75, 3.05) is 0 Å². The Morgan fingerprint density at radius 2 is 0.880 bits per heavy atom. The predicted molar refractivity (Wildman–Crippen MR) is 115 cm³/mol. The average Bonchev–Trinajstić information content (AvgIpc) is 2.19. The van der Waals surface area contributed by atoms with Gasteiger partial charge in [-0.1, -0.05) is 14.9 Å². The Kier molecular flexibility index (Phi) is 10.1. The van der Waals surface area contributed by atoms with E-state index in [4.69, 9.17) is 32.9 Å². The summed E-state index contributed by atoms with van der Waals surface area (Å²) in [5, 5.41) is 0. The van der Waals surface area contributed by atoms with Crippen molar-refractivity contribution in [3.05, 3.63) is 0 Å². The van der Waals surface area contributed by atoms with Crippen LogP contribution in [-0.2, 0) is 32.9 Å². The van der Waals surface area contributed by atoms with Crippen molar-refractivity contribution < 1.29 is 32.9 Å². The molecule has 0 aromatic carbocycles. The minimum Gasteiger partial charge on any atom is -0.420 e. The Morgan fingerprint density at radius 1 is 0.640 bits per heavy atom. The molecule has 0 spiro atoms. The van der Waals surface area contributed by atoms with Crippen molar-refractivity contribution in [1.82, 2.24) is 0 Å². The summed E-state index contributed by atoms with van der Waals surface area (Å²) in [5.41, 5.74) is 0. The molecular weight excluding hydrogens is 445 g/mol. The Balaban J connectivity index is 0.00000288. The number of hydrogen-bond donors (Lipinski definition) is 0. The van der Waals surface area contributed by atoms with Gasteiger partial charge in [0, 0.05) is 13.1 Å². The van der Waals surface area contributed by atoms with Gasteiger partial charge in [-0.05, 0) is 39.3 Å². The van der Waals surface area contributed by atoms with Gasteiger partial charge in [0.2, 0.25) is 0 Å². The molecule has 0 bridgehead atoms. The lowest BCUT2D eigenvalue weighted by atomic mass is 11.9. The molecule has 2 aliphatic heterocycles. The third-order valence-electron chi connectivity index (χ3n) is 3.15. The van der Waals surface area contributed by atoms with Gasteiger partial charge in [0.25, 0.3) is 0 Å². The molecule has 2 fully saturated rings. The van der Waals surface area contributed by atoms with E-state index >= 15 is 0 Å². The van der Waals surface area contributed by atoms with E-state index in [1.807, 2.05) is 52.4 Å². The molecule has 15 heteroatoms. The van der Waals surface area contributed by atoms with Crippen LogP contribution >= 0.6 is 0 Å². The van der Waals surface area contributed by atoms with E-state index in [0.29, 0.717) is 0 Å². The maximum atomic E-state index is 6.31. The van der Waals surface area contributed by atoms with Crippen LogP contribution in [0.1, 0.15) is 14.9 Å². The molecule has 4 unspecified atom stereocenters. The molecule has 0 aliphatic carbocycles. The lowest BCUT2D eigenvalue weighted by molar-refractivity contribution is 0.155. The minimum absolute atomic E-state index is 0. The average molecular weight is 481 g/mol. The monoisotopic (exact) mass is 480 g/mol. The second-order valence-electron chi connectivity index (χ2n) is 6.34. The van der Waals surface area contributed by atoms with E-state index in [2.05, 4.69) is 0 Å². The molecule has 8 nitrogen and oxygen atoms in total. The van der Waals surface area contributed by atoms with Crippen LogP contribution in [0.4, 0.5) is 0 Å². The molecule has 0 saturated carbocycles. The second-order valence-corrected chi connectivity index (χ2v) is 24.7. The summed E-state index contributed by atoms with van der Waals surface area (Å²) in [7, 11) is -14.6. The van der Waals surface area contributed by atoms with Gasteiger partial charge in [0.1, 0.15) is 0 Å². The van der Waals surface area contributed by atoms with Crippen molar-refractivity contribution in [2.45, 2.75) is 67.2 Å². The first-order valence-electron chi connectivity index (χ1n) is 7.83. The predicted octanol–water partition coefficient (Wildman–Crippen LogP) is 1.66. The van der Waals surface area contributed by atoms with Crippen molar-refractivity contribution in [3.8, 4) is 0 Å². The van der Waals surface area contributed by atoms with Crippen molar-refractivity contribution in [3.63, 3.8) is 0 Å². The zero-order chi connectivity index (χ0) is 17.5. The maximum absolute atomic E-state index is 6.31. The zero-order valence-corrected chi connectivity index (χ0v) is 22.7. The van der Waals surface area contributed by atoms with E-state index in [9.17, 15) is 0 Å². The summed E-state index contributed by atoms with van der Waals surface area (Å²) in [6.07, 6.45) is 0. The summed E-state index contributed by atoms with van der Waals surface area (Å²) in [6.45, 7) is 15.9. The Hall–Kier alpha value is 1.20. The standard InChI is InChI=1S/C8H28O8Si7.2CH4/c1-17-9-18(2)12-22(7,11-17)15-21(5,6)16-23(8)13-19(3)10-20(4)14-23;;/h17-20H,1-8H3;2*1H4. The van der Waals surface area contributed by atoms with Gasteiger partial charge in [0.05, 0.1) is 0 Å². The highest BCUT2D eigenvalue weighted by molar-refractivity contribution is 6.89. The molecule has 0 radical (unpaired) electrons. The lowest BCUT2D eigenvalue weighted by Crippen LogP contribution is -2.65. The Labute approximate surface area is 163 Å². The van der Waals surface area contributed by atoms with Crippen LogP contribution in [0.25, 0.3) is 0 Å². The van der Waals surface area contributed by atoms with Gasteiger partial charge in [-0.2, -0.15) is 0 Å². The van der Waals surface area contributed by atoms with Gasteiger partial charge in [0.15, 0.2) is 0 Å². The molecule has 4 atom stereocenters. The van der Waals surface area contributed by atoms with Crippen LogP contribution in [0, 0.1) is 0 Å². The summed E-state index contributed by atoms with van der Waals surface area (Å²) in [4.78, 5) is 0. The summed E-state index contributed by atoms with van der Waals surface area (Å²) >= 11 is 0. The van der Waals surface area contributed by atoms with Crippen molar-refractivity contribution >= 4 is 63.3 Å². The molecule has 152 valence electrons. The first kappa shape index (κ1) is 26.2. The van der Waals surface area contributed by atoms with Crippen LogP contribution in [0.2, 0.25) is 52.4 Å². The van der Waals surface area contributed by atoms with Gasteiger partial charge in [-0.3, -0.25) is 0 Å². The summed E-state index contributed by atoms with van der Waals surface area (Å²) in [5.74, 6) is 0. The fourth-order valence-electron chi connectivity index (χ4n) is 2.92. The Morgan fingerprint density at radius 3 is 1.12 bits per heavy atom. The molecule has 0 N–H and O–H groups in total. The molecule has 25 heavy (non-hydrogen) atoms. The first-order valence-corrected chi connectivity index (χ1v) is 23.5. The third kappa shape index (κ3) is 7.99. The molecule has 2 aliphatic rings. The smallest absolute Gasteiger partial charge is 0.420 e. The minimum atomic E-state index is -2.71. The summed E-state index contributed by atoms with van der Waals surface area (Å²) < 4.78 is 47.9. The quantitative estimate of drug-likeness (QED) is 0.562. The van der Waals surface area contributed by atoms with E-state index in [1.54, 1.807) is 0 Å². The zero-order valence-electron chi connectivity index (χ0n) is 15.1. The van der Waals surface area contributed by atoms with E-state index < -0.39 is 63.3 Å². The van der Waals surface area contributed by atoms with Crippen molar-refractivity contribution in [1.29, 1.82) is 0 Å². The van der Waals surface area contributed by atoms with Gasteiger partial charge < -0.3 is 32.9 Å². The van der Waals surface area contributed by atoms with Crippen molar-refractivity contribution in [2.24, 2.45) is 0 Å². The molecule has 2 saturated heterocycles.